The molecule has 0 radical (unpaired) electrons. The second-order valence-electron chi connectivity index (χ2n) is 6.36. The average molecular weight is 393 g/mol. The molecule has 0 atom stereocenters. The molecule has 27 heavy (non-hydrogen) atoms. The minimum Gasteiger partial charge on any atom is -0.467 e. The predicted octanol–water partition coefficient (Wildman–Crippen LogP) is 2.91. The van der Waals surface area contributed by atoms with Crippen LogP contribution in [0.1, 0.15) is 31.6 Å². The van der Waals surface area contributed by atoms with E-state index < -0.39 is 10.0 Å². The van der Waals surface area contributed by atoms with E-state index in [1.54, 1.807) is 24.2 Å². The van der Waals surface area contributed by atoms with Gasteiger partial charge < -0.3 is 9.32 Å². The van der Waals surface area contributed by atoms with Crippen molar-refractivity contribution in [1.82, 2.24) is 9.21 Å². The zero-order valence-corrected chi connectivity index (χ0v) is 16.8. The van der Waals surface area contributed by atoms with Crippen LogP contribution in [0.15, 0.2) is 53.1 Å². The molecule has 0 aliphatic rings. The average Bonchev–Trinajstić information content (AvgIpc) is 3.18. The Morgan fingerprint density at radius 1 is 1.04 bits per heavy atom. The highest BCUT2D eigenvalue weighted by molar-refractivity contribution is 7.89. The quantitative estimate of drug-likeness (QED) is 0.589. The van der Waals surface area contributed by atoms with Gasteiger partial charge in [0.05, 0.1) is 25.1 Å². The summed E-state index contributed by atoms with van der Waals surface area (Å²) in [5, 5.41) is 0. The lowest BCUT2D eigenvalue weighted by molar-refractivity contribution is -0.132. The van der Waals surface area contributed by atoms with Crippen molar-refractivity contribution in [3.05, 3.63) is 60.1 Å². The van der Waals surface area contributed by atoms with E-state index in [2.05, 4.69) is 0 Å². The molecule has 0 aliphatic heterocycles. The Bertz CT molecular complexity index is 789. The van der Waals surface area contributed by atoms with Crippen LogP contribution in [0.25, 0.3) is 0 Å². The molecular weight excluding hydrogens is 364 g/mol. The van der Waals surface area contributed by atoms with Gasteiger partial charge in [-0.3, -0.25) is 4.79 Å². The molecule has 7 heteroatoms. The Balaban J connectivity index is 2.11. The Labute approximate surface area is 161 Å². The Kier molecular flexibility index (Phi) is 8.06. The summed E-state index contributed by atoms with van der Waals surface area (Å²) >= 11 is 0. The third-order valence-corrected chi connectivity index (χ3v) is 6.16. The molecule has 0 saturated heterocycles. The molecule has 0 saturated carbocycles. The standard InChI is InChI=1S/C20H28N2O4S/c1-3-13-22(27(24,25)4-2)17-20(23)21(16-19-11-8-15-26-19)14-12-18-9-6-5-7-10-18/h5-11,15H,3-4,12-14,16-17H2,1-2H3. The van der Waals surface area contributed by atoms with Crippen LogP contribution in [0, 0.1) is 0 Å². The molecule has 0 N–H and O–H groups in total. The predicted molar refractivity (Wildman–Crippen MR) is 106 cm³/mol. The normalized spacial score (nSPS) is 11.7. The van der Waals surface area contributed by atoms with E-state index in [0.29, 0.717) is 38.2 Å². The summed E-state index contributed by atoms with van der Waals surface area (Å²) in [4.78, 5) is 14.6. The Hall–Kier alpha value is -2.12. The number of nitrogens with zero attached hydrogens (tertiary/aromatic N) is 2. The first kappa shape index (κ1) is 21.2. The van der Waals surface area contributed by atoms with Gasteiger partial charge in [0.1, 0.15) is 5.76 Å². The van der Waals surface area contributed by atoms with Crippen LogP contribution in [-0.2, 0) is 27.8 Å². The Morgan fingerprint density at radius 2 is 1.78 bits per heavy atom. The van der Waals surface area contributed by atoms with Crippen molar-refractivity contribution in [3.8, 4) is 0 Å². The minimum atomic E-state index is -3.42. The molecule has 6 nitrogen and oxygen atoms in total. The van der Waals surface area contributed by atoms with Crippen LogP contribution in [0.4, 0.5) is 0 Å². The van der Waals surface area contributed by atoms with Crippen LogP contribution >= 0.6 is 0 Å². The number of hydrogen-bond acceptors (Lipinski definition) is 4. The summed E-state index contributed by atoms with van der Waals surface area (Å²) in [5.41, 5.74) is 1.13. The summed E-state index contributed by atoms with van der Waals surface area (Å²) < 4.78 is 31.2. The van der Waals surface area contributed by atoms with E-state index in [9.17, 15) is 13.2 Å². The fourth-order valence-corrected chi connectivity index (χ4v) is 3.92. The molecule has 0 spiro atoms. The summed E-state index contributed by atoms with van der Waals surface area (Å²) in [5.74, 6) is 0.451. The van der Waals surface area contributed by atoms with Gasteiger partial charge in [0.2, 0.25) is 15.9 Å². The van der Waals surface area contributed by atoms with E-state index in [4.69, 9.17) is 4.42 Å². The summed E-state index contributed by atoms with van der Waals surface area (Å²) in [6.45, 7) is 4.52. The van der Waals surface area contributed by atoms with E-state index in [-0.39, 0.29) is 18.2 Å². The van der Waals surface area contributed by atoms with Crippen LogP contribution in [-0.4, -0.2) is 48.9 Å². The summed E-state index contributed by atoms with van der Waals surface area (Å²) in [7, 11) is -3.42. The highest BCUT2D eigenvalue weighted by Gasteiger charge is 2.25. The van der Waals surface area contributed by atoms with Crippen molar-refractivity contribution in [3.63, 3.8) is 0 Å². The van der Waals surface area contributed by atoms with Gasteiger partial charge in [0.15, 0.2) is 0 Å². The summed E-state index contributed by atoms with van der Waals surface area (Å²) in [6, 6.07) is 13.5. The van der Waals surface area contributed by atoms with Gasteiger partial charge in [0.25, 0.3) is 0 Å². The van der Waals surface area contributed by atoms with E-state index >= 15 is 0 Å². The fourth-order valence-electron chi connectivity index (χ4n) is 2.79. The first-order chi connectivity index (χ1) is 13.0. The molecule has 1 heterocycles. The lowest BCUT2D eigenvalue weighted by Crippen LogP contribution is -2.44. The number of carbonyl (C=O) groups is 1. The number of furan rings is 1. The van der Waals surface area contributed by atoms with Crippen LogP contribution in [0.5, 0.6) is 0 Å². The second kappa shape index (κ2) is 10.3. The van der Waals surface area contributed by atoms with E-state index in [1.807, 2.05) is 43.3 Å². The zero-order valence-electron chi connectivity index (χ0n) is 16.0. The van der Waals surface area contributed by atoms with Gasteiger partial charge in [-0.2, -0.15) is 4.31 Å². The lowest BCUT2D eigenvalue weighted by atomic mass is 10.1. The molecular formula is C20H28N2O4S. The number of rotatable bonds is 11. The highest BCUT2D eigenvalue weighted by Crippen LogP contribution is 2.11. The third kappa shape index (κ3) is 6.52. The van der Waals surface area contributed by atoms with Crippen molar-refractivity contribution in [2.24, 2.45) is 0 Å². The number of sulfonamides is 1. The topological polar surface area (TPSA) is 70.8 Å². The van der Waals surface area contributed by atoms with Gasteiger partial charge in [-0.1, -0.05) is 37.3 Å². The van der Waals surface area contributed by atoms with Gasteiger partial charge in [0, 0.05) is 13.1 Å². The van der Waals surface area contributed by atoms with Crippen LogP contribution < -0.4 is 0 Å². The largest absolute Gasteiger partial charge is 0.467 e. The molecule has 2 aromatic rings. The first-order valence-electron chi connectivity index (χ1n) is 9.28. The molecule has 2 rings (SSSR count). The molecule has 0 bridgehead atoms. The monoisotopic (exact) mass is 392 g/mol. The fraction of sp³-hybridized carbons (Fsp3) is 0.450. The maximum Gasteiger partial charge on any atom is 0.238 e. The molecule has 148 valence electrons. The molecule has 1 aromatic carbocycles. The van der Waals surface area contributed by atoms with E-state index in [0.717, 1.165) is 5.56 Å². The minimum absolute atomic E-state index is 0.0114. The van der Waals surface area contributed by atoms with Crippen molar-refractivity contribution in [2.45, 2.75) is 33.2 Å². The number of benzene rings is 1. The second-order valence-corrected chi connectivity index (χ2v) is 8.62. The molecule has 1 aromatic heterocycles. The van der Waals surface area contributed by atoms with Gasteiger partial charge in [-0.05, 0) is 37.5 Å². The summed E-state index contributed by atoms with van der Waals surface area (Å²) in [6.07, 6.45) is 2.93. The molecule has 0 aliphatic carbocycles. The number of amides is 1. The highest BCUT2D eigenvalue weighted by atomic mass is 32.2. The number of carbonyl (C=O) groups excluding carboxylic acids is 1. The first-order valence-corrected chi connectivity index (χ1v) is 10.9. The van der Waals surface area contributed by atoms with Crippen LogP contribution in [0.2, 0.25) is 0 Å². The maximum absolute atomic E-state index is 12.9. The maximum atomic E-state index is 12.9. The Morgan fingerprint density at radius 3 is 2.37 bits per heavy atom. The van der Waals surface area contributed by atoms with Crippen molar-refractivity contribution < 1.29 is 17.6 Å². The number of hydrogen-bond donors (Lipinski definition) is 0. The SMILES string of the molecule is CCCN(CC(=O)N(CCc1ccccc1)Cc1ccco1)S(=O)(=O)CC. The van der Waals surface area contributed by atoms with Gasteiger partial charge in [-0.15, -0.1) is 0 Å². The zero-order chi connectivity index (χ0) is 19.7. The third-order valence-electron chi connectivity index (χ3n) is 4.34. The molecule has 0 unspecified atom stereocenters. The van der Waals surface area contributed by atoms with Gasteiger partial charge >= 0.3 is 0 Å². The van der Waals surface area contributed by atoms with E-state index in [1.165, 1.54) is 4.31 Å². The van der Waals surface area contributed by atoms with Crippen molar-refractivity contribution >= 4 is 15.9 Å². The smallest absolute Gasteiger partial charge is 0.238 e. The molecule has 1 amide bonds. The van der Waals surface area contributed by atoms with Crippen molar-refractivity contribution in [1.29, 1.82) is 0 Å². The molecule has 0 fully saturated rings. The van der Waals surface area contributed by atoms with Crippen molar-refractivity contribution in [2.75, 3.05) is 25.4 Å². The van der Waals surface area contributed by atoms with Gasteiger partial charge in [-0.25, -0.2) is 8.42 Å². The lowest BCUT2D eigenvalue weighted by Gasteiger charge is -2.26. The van der Waals surface area contributed by atoms with Crippen LogP contribution in [0.3, 0.4) is 0 Å².